The van der Waals surface area contributed by atoms with Crippen LogP contribution in [0.3, 0.4) is 0 Å². The number of nitrogens with one attached hydrogen (secondary N) is 1. The van der Waals surface area contributed by atoms with Gasteiger partial charge >= 0.3 is 0 Å². The molecule has 1 unspecified atom stereocenters. The number of carbonyl (C=O) groups is 1. The first-order valence-corrected chi connectivity index (χ1v) is 6.93. The minimum absolute atomic E-state index is 0.00992. The first kappa shape index (κ1) is 14.1. The standard InChI is InChI=1S/C12H21N3OS/c1-9-8-17-12(14-9)10(2)15-11(16)6-4-3-5-7-13/h8,10H,3-7,13H2,1-2H3,(H,15,16). The SMILES string of the molecule is Cc1csc(C(C)NC(=O)CCCCCN)n1. The number of aryl methyl sites for hydroxylation is 1. The molecule has 0 radical (unpaired) electrons. The zero-order valence-electron chi connectivity index (χ0n) is 10.5. The van der Waals surface area contributed by atoms with Gasteiger partial charge in [-0.1, -0.05) is 6.42 Å². The Hall–Kier alpha value is -0.940. The van der Waals surface area contributed by atoms with Gasteiger partial charge in [0.15, 0.2) is 0 Å². The van der Waals surface area contributed by atoms with Gasteiger partial charge in [-0.2, -0.15) is 0 Å². The number of nitrogens with two attached hydrogens (primary N) is 1. The highest BCUT2D eigenvalue weighted by molar-refractivity contribution is 7.09. The molecule has 0 spiro atoms. The predicted molar refractivity (Wildman–Crippen MR) is 70.9 cm³/mol. The minimum Gasteiger partial charge on any atom is -0.347 e. The molecule has 1 aromatic rings. The number of rotatable bonds is 7. The van der Waals surface area contributed by atoms with Crippen LogP contribution >= 0.6 is 11.3 Å². The van der Waals surface area contributed by atoms with Crippen LogP contribution in [0.4, 0.5) is 0 Å². The van der Waals surface area contributed by atoms with Crippen LogP contribution in [0, 0.1) is 6.92 Å². The Balaban J connectivity index is 2.26. The second-order valence-corrected chi connectivity index (χ2v) is 5.11. The van der Waals surface area contributed by atoms with Gasteiger partial charge in [0, 0.05) is 17.5 Å². The molecule has 1 atom stereocenters. The maximum Gasteiger partial charge on any atom is 0.220 e. The fourth-order valence-electron chi connectivity index (χ4n) is 1.55. The molecule has 4 nitrogen and oxygen atoms in total. The Kier molecular flexibility index (Phi) is 6.15. The summed E-state index contributed by atoms with van der Waals surface area (Å²) in [6.45, 7) is 4.63. The smallest absolute Gasteiger partial charge is 0.220 e. The van der Waals surface area contributed by atoms with Gasteiger partial charge in [0.05, 0.1) is 6.04 Å². The van der Waals surface area contributed by atoms with Gasteiger partial charge in [-0.25, -0.2) is 4.98 Å². The normalized spacial score (nSPS) is 12.4. The monoisotopic (exact) mass is 255 g/mol. The average molecular weight is 255 g/mol. The summed E-state index contributed by atoms with van der Waals surface area (Å²) in [6, 6.07) is 0.00992. The van der Waals surface area contributed by atoms with Crippen molar-refractivity contribution in [3.05, 3.63) is 16.1 Å². The molecule has 0 bridgehead atoms. The van der Waals surface area contributed by atoms with E-state index in [0.29, 0.717) is 13.0 Å². The predicted octanol–water partition coefficient (Wildman–Crippen LogP) is 2.15. The van der Waals surface area contributed by atoms with E-state index in [4.69, 9.17) is 5.73 Å². The molecule has 0 aliphatic heterocycles. The van der Waals surface area contributed by atoms with E-state index in [0.717, 1.165) is 30.0 Å². The van der Waals surface area contributed by atoms with Gasteiger partial charge in [-0.15, -0.1) is 11.3 Å². The second-order valence-electron chi connectivity index (χ2n) is 4.22. The first-order chi connectivity index (χ1) is 8.13. The van der Waals surface area contributed by atoms with E-state index in [1.54, 1.807) is 11.3 Å². The van der Waals surface area contributed by atoms with Crippen molar-refractivity contribution in [2.45, 2.75) is 45.6 Å². The Bertz CT molecular complexity index is 351. The van der Waals surface area contributed by atoms with Crippen molar-refractivity contribution < 1.29 is 4.79 Å². The fraction of sp³-hybridized carbons (Fsp3) is 0.667. The van der Waals surface area contributed by atoms with Crippen molar-refractivity contribution in [1.82, 2.24) is 10.3 Å². The third-order valence-corrected chi connectivity index (χ3v) is 3.64. The largest absolute Gasteiger partial charge is 0.347 e. The molecule has 1 aromatic heterocycles. The Morgan fingerprint density at radius 2 is 2.29 bits per heavy atom. The summed E-state index contributed by atoms with van der Waals surface area (Å²) in [7, 11) is 0. The molecule has 1 rings (SSSR count). The summed E-state index contributed by atoms with van der Waals surface area (Å²) in [5.41, 5.74) is 6.41. The molecule has 96 valence electrons. The van der Waals surface area contributed by atoms with Crippen LogP contribution in [0.25, 0.3) is 0 Å². The van der Waals surface area contributed by atoms with Crippen molar-refractivity contribution in [3.8, 4) is 0 Å². The lowest BCUT2D eigenvalue weighted by molar-refractivity contribution is -0.121. The Labute approximate surface area is 107 Å². The highest BCUT2D eigenvalue weighted by atomic mass is 32.1. The maximum absolute atomic E-state index is 11.6. The van der Waals surface area contributed by atoms with E-state index >= 15 is 0 Å². The lowest BCUT2D eigenvalue weighted by Gasteiger charge is -2.10. The van der Waals surface area contributed by atoms with Gasteiger partial charge in [-0.05, 0) is 33.2 Å². The summed E-state index contributed by atoms with van der Waals surface area (Å²) < 4.78 is 0. The van der Waals surface area contributed by atoms with Crippen LogP contribution in [0.2, 0.25) is 0 Å². The van der Waals surface area contributed by atoms with E-state index in [9.17, 15) is 4.79 Å². The Morgan fingerprint density at radius 1 is 1.53 bits per heavy atom. The fourth-order valence-corrected chi connectivity index (χ4v) is 2.36. The molecule has 0 saturated heterocycles. The molecule has 1 amide bonds. The van der Waals surface area contributed by atoms with Crippen LogP contribution in [-0.2, 0) is 4.79 Å². The van der Waals surface area contributed by atoms with Crippen molar-refractivity contribution >= 4 is 17.2 Å². The number of nitrogens with zero attached hydrogens (tertiary/aromatic N) is 1. The molecule has 0 aliphatic carbocycles. The van der Waals surface area contributed by atoms with Crippen LogP contribution in [0.5, 0.6) is 0 Å². The van der Waals surface area contributed by atoms with Crippen LogP contribution in [0.15, 0.2) is 5.38 Å². The highest BCUT2D eigenvalue weighted by Gasteiger charge is 2.11. The zero-order valence-corrected chi connectivity index (χ0v) is 11.3. The average Bonchev–Trinajstić information content (AvgIpc) is 2.71. The van der Waals surface area contributed by atoms with Gasteiger partial charge in [-0.3, -0.25) is 4.79 Å². The molecule has 17 heavy (non-hydrogen) atoms. The molecule has 0 saturated carbocycles. The maximum atomic E-state index is 11.6. The lowest BCUT2D eigenvalue weighted by Crippen LogP contribution is -2.26. The number of carbonyl (C=O) groups excluding carboxylic acids is 1. The zero-order chi connectivity index (χ0) is 12.7. The van der Waals surface area contributed by atoms with Crippen molar-refractivity contribution in [2.24, 2.45) is 5.73 Å². The summed E-state index contributed by atoms with van der Waals surface area (Å²) in [4.78, 5) is 16.0. The number of aromatic nitrogens is 1. The molecule has 0 fully saturated rings. The number of unbranched alkanes of at least 4 members (excludes halogenated alkanes) is 2. The number of hydrogen-bond donors (Lipinski definition) is 2. The highest BCUT2D eigenvalue weighted by Crippen LogP contribution is 2.17. The third kappa shape index (κ3) is 5.28. The summed E-state index contributed by atoms with van der Waals surface area (Å²) in [5.74, 6) is 0.0994. The molecule has 0 aliphatic rings. The summed E-state index contributed by atoms with van der Waals surface area (Å²) >= 11 is 1.59. The van der Waals surface area contributed by atoms with E-state index in [-0.39, 0.29) is 11.9 Å². The van der Waals surface area contributed by atoms with Crippen LogP contribution in [0.1, 0.15) is 49.4 Å². The first-order valence-electron chi connectivity index (χ1n) is 6.05. The number of hydrogen-bond acceptors (Lipinski definition) is 4. The topological polar surface area (TPSA) is 68.0 Å². The lowest BCUT2D eigenvalue weighted by atomic mass is 10.2. The molecule has 3 N–H and O–H groups in total. The number of thiazole rings is 1. The van der Waals surface area contributed by atoms with Crippen molar-refractivity contribution in [3.63, 3.8) is 0 Å². The van der Waals surface area contributed by atoms with Gasteiger partial charge in [0.1, 0.15) is 5.01 Å². The minimum atomic E-state index is 0.00992. The summed E-state index contributed by atoms with van der Waals surface area (Å²) in [5, 5.41) is 5.93. The van der Waals surface area contributed by atoms with E-state index in [1.807, 2.05) is 19.2 Å². The molecule has 0 aromatic carbocycles. The van der Waals surface area contributed by atoms with E-state index < -0.39 is 0 Å². The van der Waals surface area contributed by atoms with E-state index in [1.165, 1.54) is 0 Å². The van der Waals surface area contributed by atoms with Gasteiger partial charge in [0.2, 0.25) is 5.91 Å². The second kappa shape index (κ2) is 7.40. The van der Waals surface area contributed by atoms with Crippen molar-refractivity contribution in [2.75, 3.05) is 6.54 Å². The molecular weight excluding hydrogens is 234 g/mol. The molecule has 1 heterocycles. The van der Waals surface area contributed by atoms with E-state index in [2.05, 4.69) is 10.3 Å². The van der Waals surface area contributed by atoms with Crippen LogP contribution < -0.4 is 11.1 Å². The summed E-state index contributed by atoms with van der Waals surface area (Å²) in [6.07, 6.45) is 3.50. The Morgan fingerprint density at radius 3 is 2.88 bits per heavy atom. The van der Waals surface area contributed by atoms with Gasteiger partial charge < -0.3 is 11.1 Å². The molecular formula is C12H21N3OS. The van der Waals surface area contributed by atoms with Gasteiger partial charge in [0.25, 0.3) is 0 Å². The third-order valence-electron chi connectivity index (χ3n) is 2.49. The van der Waals surface area contributed by atoms with Crippen LogP contribution in [-0.4, -0.2) is 17.4 Å². The van der Waals surface area contributed by atoms with Crippen molar-refractivity contribution in [1.29, 1.82) is 0 Å². The quantitative estimate of drug-likeness (QED) is 0.734. The number of amides is 1. The molecule has 5 heteroatoms.